The van der Waals surface area contributed by atoms with Gasteiger partial charge >= 0.3 is 6.09 Å². The molecule has 0 bridgehead atoms. The average molecular weight is 223 g/mol. The molecular formula is C11H17N3O2. The third-order valence-corrected chi connectivity index (χ3v) is 1.66. The highest BCUT2D eigenvalue weighted by atomic mass is 16.6. The van der Waals surface area contributed by atoms with Gasteiger partial charge in [-0.2, -0.15) is 0 Å². The lowest BCUT2D eigenvalue weighted by molar-refractivity contribution is 0.0523. The van der Waals surface area contributed by atoms with Crippen molar-refractivity contribution >= 4 is 11.8 Å². The summed E-state index contributed by atoms with van der Waals surface area (Å²) < 4.78 is 5.08. The van der Waals surface area contributed by atoms with E-state index in [9.17, 15) is 4.79 Å². The third kappa shape index (κ3) is 4.63. The van der Waals surface area contributed by atoms with Crippen LogP contribution in [0.15, 0.2) is 18.3 Å². The molecule has 88 valence electrons. The maximum Gasteiger partial charge on any atom is 0.407 e. The van der Waals surface area contributed by atoms with Crippen LogP contribution >= 0.6 is 0 Å². The van der Waals surface area contributed by atoms with Crippen LogP contribution in [0.3, 0.4) is 0 Å². The van der Waals surface area contributed by atoms with E-state index >= 15 is 0 Å². The smallest absolute Gasteiger partial charge is 0.407 e. The molecule has 0 aliphatic heterocycles. The largest absolute Gasteiger partial charge is 0.444 e. The molecule has 1 aromatic heterocycles. The Morgan fingerprint density at radius 2 is 2.19 bits per heavy atom. The van der Waals surface area contributed by atoms with Crippen LogP contribution in [-0.2, 0) is 11.3 Å². The van der Waals surface area contributed by atoms with E-state index in [0.717, 1.165) is 5.69 Å². The minimum absolute atomic E-state index is 0.329. The Balaban J connectivity index is 2.40. The van der Waals surface area contributed by atoms with E-state index in [-0.39, 0.29) is 0 Å². The summed E-state index contributed by atoms with van der Waals surface area (Å²) in [6, 6.07) is 3.49. The van der Waals surface area contributed by atoms with Crippen molar-refractivity contribution in [1.82, 2.24) is 10.3 Å². The van der Waals surface area contributed by atoms with E-state index in [1.807, 2.05) is 20.8 Å². The third-order valence-electron chi connectivity index (χ3n) is 1.66. The van der Waals surface area contributed by atoms with Gasteiger partial charge in [-0.05, 0) is 32.9 Å². The van der Waals surface area contributed by atoms with Crippen LogP contribution in [0.5, 0.6) is 0 Å². The second-order valence-corrected chi connectivity index (χ2v) is 4.44. The molecule has 0 aromatic carbocycles. The molecule has 0 aliphatic rings. The molecule has 5 nitrogen and oxygen atoms in total. The molecule has 0 atom stereocenters. The maximum atomic E-state index is 11.3. The van der Waals surface area contributed by atoms with Gasteiger partial charge in [0.1, 0.15) is 5.60 Å². The number of nitrogens with one attached hydrogen (secondary N) is 1. The maximum absolute atomic E-state index is 11.3. The standard InChI is InChI=1S/C11H17N3O2/c1-11(2,3)16-10(15)14-7-9-5-4-8(12)6-13-9/h4-6H,7,12H2,1-3H3,(H,14,15). The molecule has 16 heavy (non-hydrogen) atoms. The highest BCUT2D eigenvalue weighted by molar-refractivity contribution is 5.67. The van der Waals surface area contributed by atoms with Crippen molar-refractivity contribution < 1.29 is 9.53 Å². The number of carbonyl (C=O) groups is 1. The van der Waals surface area contributed by atoms with Gasteiger partial charge in [-0.25, -0.2) is 4.79 Å². The van der Waals surface area contributed by atoms with Crippen LogP contribution in [0.4, 0.5) is 10.5 Å². The van der Waals surface area contributed by atoms with Crippen molar-refractivity contribution in [2.45, 2.75) is 32.9 Å². The lowest BCUT2D eigenvalue weighted by atomic mass is 10.2. The zero-order chi connectivity index (χ0) is 12.2. The number of aromatic nitrogens is 1. The molecule has 0 saturated heterocycles. The molecule has 0 aliphatic carbocycles. The number of alkyl carbamates (subject to hydrolysis) is 1. The second kappa shape index (κ2) is 4.83. The first kappa shape index (κ1) is 12.3. The molecule has 1 aromatic rings. The van der Waals surface area contributed by atoms with Gasteiger partial charge in [0.05, 0.1) is 24.1 Å². The Morgan fingerprint density at radius 1 is 1.50 bits per heavy atom. The minimum atomic E-state index is -0.487. The van der Waals surface area contributed by atoms with Crippen molar-refractivity contribution in [2.75, 3.05) is 5.73 Å². The number of hydrogen-bond donors (Lipinski definition) is 2. The van der Waals surface area contributed by atoms with Crippen molar-refractivity contribution in [1.29, 1.82) is 0 Å². The lowest BCUT2D eigenvalue weighted by Crippen LogP contribution is -2.32. The van der Waals surface area contributed by atoms with E-state index in [1.54, 1.807) is 18.3 Å². The number of amides is 1. The van der Waals surface area contributed by atoms with E-state index in [0.29, 0.717) is 12.2 Å². The van der Waals surface area contributed by atoms with Crippen LogP contribution in [0.2, 0.25) is 0 Å². The molecule has 0 unspecified atom stereocenters. The summed E-state index contributed by atoms with van der Waals surface area (Å²) in [5, 5.41) is 2.61. The summed E-state index contributed by atoms with van der Waals surface area (Å²) in [5.74, 6) is 0. The number of nitrogens with two attached hydrogens (primary N) is 1. The Hall–Kier alpha value is -1.78. The minimum Gasteiger partial charge on any atom is -0.444 e. The molecule has 0 spiro atoms. The molecule has 1 amide bonds. The summed E-state index contributed by atoms with van der Waals surface area (Å²) in [6.45, 7) is 5.77. The zero-order valence-corrected chi connectivity index (χ0v) is 9.78. The molecule has 0 saturated carbocycles. The highest BCUT2D eigenvalue weighted by Crippen LogP contribution is 2.07. The number of pyridine rings is 1. The Kier molecular flexibility index (Phi) is 3.71. The Bertz CT molecular complexity index is 354. The monoisotopic (exact) mass is 223 g/mol. The fraction of sp³-hybridized carbons (Fsp3) is 0.455. The summed E-state index contributed by atoms with van der Waals surface area (Å²) in [6.07, 6.45) is 1.10. The number of rotatable bonds is 2. The van der Waals surface area contributed by atoms with E-state index in [2.05, 4.69) is 10.3 Å². The first-order chi connectivity index (χ1) is 7.37. The molecule has 5 heteroatoms. The van der Waals surface area contributed by atoms with Gasteiger partial charge in [-0.1, -0.05) is 0 Å². The number of carbonyl (C=O) groups excluding carboxylic acids is 1. The predicted molar refractivity (Wildman–Crippen MR) is 61.7 cm³/mol. The average Bonchev–Trinajstić information content (AvgIpc) is 2.14. The topological polar surface area (TPSA) is 77.2 Å². The SMILES string of the molecule is CC(C)(C)OC(=O)NCc1ccc(N)cn1. The van der Waals surface area contributed by atoms with E-state index < -0.39 is 11.7 Å². The van der Waals surface area contributed by atoms with E-state index in [1.165, 1.54) is 0 Å². The van der Waals surface area contributed by atoms with Gasteiger partial charge < -0.3 is 15.8 Å². The molecule has 1 heterocycles. The van der Waals surface area contributed by atoms with Gasteiger partial charge in [-0.15, -0.1) is 0 Å². The normalized spacial score (nSPS) is 10.9. The van der Waals surface area contributed by atoms with Gasteiger partial charge in [0.15, 0.2) is 0 Å². The van der Waals surface area contributed by atoms with Crippen molar-refractivity contribution in [2.24, 2.45) is 0 Å². The summed E-state index contributed by atoms with van der Waals surface area (Å²) >= 11 is 0. The fourth-order valence-corrected chi connectivity index (χ4v) is 1.02. The molecule has 0 radical (unpaired) electrons. The number of hydrogen-bond acceptors (Lipinski definition) is 4. The lowest BCUT2D eigenvalue weighted by Gasteiger charge is -2.19. The number of anilines is 1. The molecule has 1 rings (SSSR count). The van der Waals surface area contributed by atoms with Crippen LogP contribution < -0.4 is 11.1 Å². The Labute approximate surface area is 95.0 Å². The van der Waals surface area contributed by atoms with Crippen LogP contribution in [0, 0.1) is 0 Å². The quantitative estimate of drug-likeness (QED) is 0.799. The van der Waals surface area contributed by atoms with Gasteiger partial charge in [0, 0.05) is 0 Å². The number of nitrogen functional groups attached to an aromatic ring is 1. The van der Waals surface area contributed by atoms with Crippen molar-refractivity contribution in [3.8, 4) is 0 Å². The van der Waals surface area contributed by atoms with E-state index in [4.69, 9.17) is 10.5 Å². The zero-order valence-electron chi connectivity index (χ0n) is 9.78. The fourth-order valence-electron chi connectivity index (χ4n) is 1.02. The van der Waals surface area contributed by atoms with Crippen molar-refractivity contribution in [3.63, 3.8) is 0 Å². The van der Waals surface area contributed by atoms with Crippen molar-refractivity contribution in [3.05, 3.63) is 24.0 Å². The van der Waals surface area contributed by atoms with Gasteiger partial charge in [0.25, 0.3) is 0 Å². The van der Waals surface area contributed by atoms with Crippen LogP contribution in [0.25, 0.3) is 0 Å². The predicted octanol–water partition coefficient (Wildman–Crippen LogP) is 1.69. The summed E-state index contributed by atoms with van der Waals surface area (Å²) in [7, 11) is 0. The summed E-state index contributed by atoms with van der Waals surface area (Å²) in [4.78, 5) is 15.4. The molecule has 0 fully saturated rings. The first-order valence-corrected chi connectivity index (χ1v) is 5.04. The first-order valence-electron chi connectivity index (χ1n) is 5.04. The van der Waals surface area contributed by atoms with Gasteiger partial charge in [-0.3, -0.25) is 4.98 Å². The number of ether oxygens (including phenoxy) is 1. The van der Waals surface area contributed by atoms with Gasteiger partial charge in [0.2, 0.25) is 0 Å². The Morgan fingerprint density at radius 3 is 2.69 bits per heavy atom. The highest BCUT2D eigenvalue weighted by Gasteiger charge is 2.15. The van der Waals surface area contributed by atoms with Crippen LogP contribution in [0.1, 0.15) is 26.5 Å². The molecule has 3 N–H and O–H groups in total. The second-order valence-electron chi connectivity index (χ2n) is 4.44. The van der Waals surface area contributed by atoms with Crippen LogP contribution in [-0.4, -0.2) is 16.7 Å². The molecular weight excluding hydrogens is 206 g/mol. The summed E-state index contributed by atoms with van der Waals surface area (Å²) in [5.41, 5.74) is 6.34. The number of nitrogens with zero attached hydrogens (tertiary/aromatic N) is 1.